The molecule has 15 heavy (non-hydrogen) atoms. The summed E-state index contributed by atoms with van der Waals surface area (Å²) < 4.78 is 2.26. The van der Waals surface area contributed by atoms with Crippen molar-refractivity contribution in [3.63, 3.8) is 0 Å². The van der Waals surface area contributed by atoms with Crippen LogP contribution in [0.5, 0.6) is 0 Å². The lowest BCUT2D eigenvalue weighted by molar-refractivity contribution is 0.467. The van der Waals surface area contributed by atoms with Crippen molar-refractivity contribution in [2.75, 3.05) is 6.54 Å². The maximum absolute atomic E-state index is 4.46. The zero-order chi connectivity index (χ0) is 11.1. The summed E-state index contributed by atoms with van der Waals surface area (Å²) in [6.07, 6.45) is 7.41. The molecule has 0 radical (unpaired) electrons. The van der Waals surface area contributed by atoms with Crippen molar-refractivity contribution in [2.45, 2.75) is 52.6 Å². The Morgan fingerprint density at radius 3 is 2.73 bits per heavy atom. The van der Waals surface area contributed by atoms with Crippen LogP contribution in [0, 0.1) is 0 Å². The normalized spacial score (nSPS) is 13.0. The number of aryl methyl sites for hydroxylation is 1. The van der Waals surface area contributed by atoms with Crippen LogP contribution in [0.15, 0.2) is 12.4 Å². The third-order valence-corrected chi connectivity index (χ3v) is 2.57. The molecule has 0 aliphatic heterocycles. The van der Waals surface area contributed by atoms with Crippen molar-refractivity contribution in [1.82, 2.24) is 14.9 Å². The first-order valence-corrected chi connectivity index (χ1v) is 6.07. The summed E-state index contributed by atoms with van der Waals surface area (Å²) in [5.41, 5.74) is 0. The molecule has 0 aromatic carbocycles. The molecule has 0 fully saturated rings. The van der Waals surface area contributed by atoms with Crippen LogP contribution in [-0.4, -0.2) is 16.1 Å². The lowest BCUT2D eigenvalue weighted by Gasteiger charge is -2.17. The molecule has 86 valence electrons. The van der Waals surface area contributed by atoms with Crippen LogP contribution in [0.2, 0.25) is 0 Å². The van der Waals surface area contributed by atoms with Crippen LogP contribution >= 0.6 is 0 Å². The summed E-state index contributed by atoms with van der Waals surface area (Å²) in [6.45, 7) is 8.73. The number of rotatable bonds is 7. The minimum Gasteiger partial charge on any atom is -0.334 e. The zero-order valence-corrected chi connectivity index (χ0v) is 10.2. The monoisotopic (exact) mass is 209 g/mol. The van der Waals surface area contributed by atoms with Crippen molar-refractivity contribution in [3.05, 3.63) is 18.2 Å². The molecule has 1 N–H and O–H groups in total. The first-order valence-electron chi connectivity index (χ1n) is 6.07. The number of nitrogens with one attached hydrogen (secondary N) is 1. The molecule has 1 aromatic heterocycles. The second-order valence-electron chi connectivity index (χ2n) is 3.89. The van der Waals surface area contributed by atoms with Gasteiger partial charge in [-0.1, -0.05) is 20.8 Å². The van der Waals surface area contributed by atoms with Gasteiger partial charge in [0, 0.05) is 18.9 Å². The Morgan fingerprint density at radius 1 is 1.33 bits per heavy atom. The van der Waals surface area contributed by atoms with Crippen LogP contribution in [0.4, 0.5) is 0 Å². The predicted molar refractivity (Wildman–Crippen MR) is 63.8 cm³/mol. The Morgan fingerprint density at radius 2 is 2.13 bits per heavy atom. The molecule has 0 aliphatic rings. The number of aromatic nitrogens is 2. The van der Waals surface area contributed by atoms with Crippen LogP contribution in [0.1, 0.15) is 51.9 Å². The van der Waals surface area contributed by atoms with E-state index < -0.39 is 0 Å². The molecule has 0 amide bonds. The van der Waals surface area contributed by atoms with E-state index in [-0.39, 0.29) is 0 Å². The van der Waals surface area contributed by atoms with Gasteiger partial charge in [-0.3, -0.25) is 0 Å². The molecule has 1 atom stereocenters. The molecule has 1 rings (SSSR count). The van der Waals surface area contributed by atoms with E-state index in [1.165, 1.54) is 12.2 Å². The Bertz CT molecular complexity index is 268. The van der Waals surface area contributed by atoms with Crippen LogP contribution in [-0.2, 0) is 6.54 Å². The fraction of sp³-hybridized carbons (Fsp3) is 0.750. The van der Waals surface area contributed by atoms with Gasteiger partial charge in [-0.05, 0) is 25.8 Å². The molecular formula is C12H23N3. The average molecular weight is 209 g/mol. The standard InChI is InChI=1S/C12H23N3/c1-4-7-13-11(6-3)12-14-8-10-15(12)9-5-2/h8,10-11,13H,4-7,9H2,1-3H3. The van der Waals surface area contributed by atoms with Gasteiger partial charge in [-0.15, -0.1) is 0 Å². The molecule has 1 heterocycles. The molecule has 0 aliphatic carbocycles. The highest BCUT2D eigenvalue weighted by Gasteiger charge is 2.13. The third-order valence-electron chi connectivity index (χ3n) is 2.57. The van der Waals surface area contributed by atoms with E-state index in [9.17, 15) is 0 Å². The number of hydrogen-bond donors (Lipinski definition) is 1. The Hall–Kier alpha value is -0.830. The van der Waals surface area contributed by atoms with E-state index in [1.807, 2.05) is 6.20 Å². The Kier molecular flexibility index (Phi) is 5.40. The summed E-state index contributed by atoms with van der Waals surface area (Å²) in [7, 11) is 0. The SMILES string of the molecule is CCCNC(CC)c1nccn1CCC. The quantitative estimate of drug-likeness (QED) is 0.748. The van der Waals surface area contributed by atoms with Gasteiger partial charge in [-0.25, -0.2) is 4.98 Å². The van der Waals surface area contributed by atoms with Gasteiger partial charge in [0.25, 0.3) is 0 Å². The largest absolute Gasteiger partial charge is 0.334 e. The molecular weight excluding hydrogens is 186 g/mol. The fourth-order valence-electron chi connectivity index (χ4n) is 1.80. The zero-order valence-electron chi connectivity index (χ0n) is 10.2. The maximum atomic E-state index is 4.46. The van der Waals surface area contributed by atoms with Crippen molar-refractivity contribution < 1.29 is 0 Å². The molecule has 1 unspecified atom stereocenters. The number of nitrogens with zero attached hydrogens (tertiary/aromatic N) is 2. The second kappa shape index (κ2) is 6.62. The molecule has 1 aromatic rings. The summed E-state index contributed by atoms with van der Waals surface area (Å²) in [5.74, 6) is 1.19. The summed E-state index contributed by atoms with van der Waals surface area (Å²) in [5, 5.41) is 3.54. The molecule has 0 spiro atoms. The Balaban J connectivity index is 2.67. The van der Waals surface area contributed by atoms with Gasteiger partial charge in [0.2, 0.25) is 0 Å². The van der Waals surface area contributed by atoms with Gasteiger partial charge in [0.05, 0.1) is 6.04 Å². The average Bonchev–Trinajstić information content (AvgIpc) is 2.68. The first kappa shape index (κ1) is 12.2. The van der Waals surface area contributed by atoms with Crippen LogP contribution in [0.3, 0.4) is 0 Å². The van der Waals surface area contributed by atoms with E-state index in [2.05, 4.69) is 41.8 Å². The summed E-state index contributed by atoms with van der Waals surface area (Å²) >= 11 is 0. The minimum atomic E-state index is 0.409. The second-order valence-corrected chi connectivity index (χ2v) is 3.89. The highest BCUT2D eigenvalue weighted by Crippen LogP contribution is 2.14. The predicted octanol–water partition coefficient (Wildman–Crippen LogP) is 2.74. The van der Waals surface area contributed by atoms with Crippen molar-refractivity contribution in [1.29, 1.82) is 0 Å². The lowest BCUT2D eigenvalue weighted by Crippen LogP contribution is -2.24. The van der Waals surface area contributed by atoms with E-state index in [0.29, 0.717) is 6.04 Å². The van der Waals surface area contributed by atoms with Crippen LogP contribution < -0.4 is 5.32 Å². The Labute approximate surface area is 92.9 Å². The first-order chi connectivity index (χ1) is 7.33. The third kappa shape index (κ3) is 3.34. The van der Waals surface area contributed by atoms with Gasteiger partial charge < -0.3 is 9.88 Å². The topological polar surface area (TPSA) is 29.9 Å². The van der Waals surface area contributed by atoms with Gasteiger partial charge >= 0.3 is 0 Å². The smallest absolute Gasteiger partial charge is 0.125 e. The van der Waals surface area contributed by atoms with Crippen molar-refractivity contribution >= 4 is 0 Å². The highest BCUT2D eigenvalue weighted by molar-refractivity contribution is 4.99. The summed E-state index contributed by atoms with van der Waals surface area (Å²) in [6, 6.07) is 0.409. The van der Waals surface area contributed by atoms with Gasteiger partial charge in [0.1, 0.15) is 5.82 Å². The van der Waals surface area contributed by atoms with Crippen molar-refractivity contribution in [3.8, 4) is 0 Å². The summed E-state index contributed by atoms with van der Waals surface area (Å²) in [4.78, 5) is 4.46. The van der Waals surface area contributed by atoms with E-state index in [0.717, 1.165) is 25.9 Å². The molecule has 0 saturated heterocycles. The highest BCUT2D eigenvalue weighted by atomic mass is 15.1. The molecule has 3 heteroatoms. The number of hydrogen-bond acceptors (Lipinski definition) is 2. The van der Waals surface area contributed by atoms with E-state index >= 15 is 0 Å². The van der Waals surface area contributed by atoms with Gasteiger partial charge in [-0.2, -0.15) is 0 Å². The number of imidazole rings is 1. The lowest BCUT2D eigenvalue weighted by atomic mass is 10.2. The minimum absolute atomic E-state index is 0.409. The molecule has 0 bridgehead atoms. The molecule has 3 nitrogen and oxygen atoms in total. The van der Waals surface area contributed by atoms with Crippen LogP contribution in [0.25, 0.3) is 0 Å². The van der Waals surface area contributed by atoms with Crippen molar-refractivity contribution in [2.24, 2.45) is 0 Å². The van der Waals surface area contributed by atoms with Gasteiger partial charge in [0.15, 0.2) is 0 Å². The van der Waals surface area contributed by atoms with E-state index in [1.54, 1.807) is 0 Å². The molecule has 0 saturated carbocycles. The fourth-order valence-corrected chi connectivity index (χ4v) is 1.80. The van der Waals surface area contributed by atoms with E-state index in [4.69, 9.17) is 0 Å². The maximum Gasteiger partial charge on any atom is 0.125 e.